The number of aromatic nitrogens is 3. The Morgan fingerprint density at radius 3 is 2.29 bits per heavy atom. The normalized spacial score (nSPS) is 29.5. The second-order valence-electron chi connectivity index (χ2n) is 9.59. The number of nitrogens with one attached hydrogen (secondary N) is 2. The molecule has 0 aromatic carbocycles. The van der Waals surface area contributed by atoms with Gasteiger partial charge in [0.05, 0.1) is 18.6 Å². The summed E-state index contributed by atoms with van der Waals surface area (Å²) in [5, 5.41) is 5.92. The SMILES string of the molecule is O=C(NC12CC3CC(C1)CC(NC(=O)c1ccc(F)cn1)(C3)C2)Oc1cncc(C(F)(F)F)n1. The summed E-state index contributed by atoms with van der Waals surface area (Å²) in [4.78, 5) is 36.0. The standard InChI is InChI=1S/C22H21F4N5O3/c23-14-1-2-15(28-8-14)18(32)30-20-4-12-3-13(5-20)7-21(6-12,11-20)31-19(33)34-17-10-27-9-16(29-17)22(24,25)26/h1-2,8-10,12-13H,3-7,11H2,(H,30,32)(H,31,33). The molecule has 0 saturated heterocycles. The van der Waals surface area contributed by atoms with Gasteiger partial charge in [-0.05, 0) is 62.5 Å². The zero-order valence-corrected chi connectivity index (χ0v) is 17.9. The van der Waals surface area contributed by atoms with Gasteiger partial charge in [0.15, 0.2) is 5.69 Å². The van der Waals surface area contributed by atoms with E-state index in [0.29, 0.717) is 25.5 Å². The number of halogens is 4. The quantitative estimate of drug-likeness (QED) is 0.649. The molecular formula is C22H21F4N5O3. The lowest BCUT2D eigenvalue weighted by molar-refractivity contribution is -0.141. The smallest absolute Gasteiger partial charge is 0.390 e. The molecule has 180 valence electrons. The highest BCUT2D eigenvalue weighted by Gasteiger charge is 2.59. The molecule has 0 aliphatic heterocycles. The van der Waals surface area contributed by atoms with Crippen molar-refractivity contribution in [2.24, 2.45) is 11.8 Å². The van der Waals surface area contributed by atoms with Gasteiger partial charge in [-0.15, -0.1) is 0 Å². The van der Waals surface area contributed by atoms with Gasteiger partial charge < -0.3 is 15.4 Å². The minimum Gasteiger partial charge on any atom is -0.390 e. The molecule has 4 fully saturated rings. The molecule has 12 heteroatoms. The maximum atomic E-state index is 13.2. The molecule has 34 heavy (non-hydrogen) atoms. The van der Waals surface area contributed by atoms with Gasteiger partial charge in [-0.25, -0.2) is 19.2 Å². The summed E-state index contributed by atoms with van der Waals surface area (Å²) in [6.45, 7) is 0. The first kappa shape index (κ1) is 22.5. The van der Waals surface area contributed by atoms with Crippen LogP contribution >= 0.6 is 0 Å². The van der Waals surface area contributed by atoms with Crippen molar-refractivity contribution in [2.45, 2.75) is 55.8 Å². The Bertz CT molecular complexity index is 1110. The molecule has 2 heterocycles. The number of alkyl halides is 3. The van der Waals surface area contributed by atoms with E-state index in [1.165, 1.54) is 6.07 Å². The summed E-state index contributed by atoms with van der Waals surface area (Å²) in [6.07, 6.45) is 1.10. The molecule has 2 unspecified atom stereocenters. The minimum atomic E-state index is -4.72. The minimum absolute atomic E-state index is 0.0988. The van der Waals surface area contributed by atoms with E-state index < -0.39 is 46.6 Å². The molecule has 4 aliphatic carbocycles. The third kappa shape index (κ3) is 4.40. The molecule has 4 saturated carbocycles. The van der Waals surface area contributed by atoms with Crippen LogP contribution in [-0.2, 0) is 6.18 Å². The molecular weight excluding hydrogens is 458 g/mol. The summed E-state index contributed by atoms with van der Waals surface area (Å²) in [5.74, 6) is -0.993. The topological polar surface area (TPSA) is 106 Å². The van der Waals surface area contributed by atoms with E-state index in [0.717, 1.165) is 37.7 Å². The van der Waals surface area contributed by atoms with E-state index in [9.17, 15) is 27.2 Å². The molecule has 2 aromatic rings. The summed E-state index contributed by atoms with van der Waals surface area (Å²) < 4.78 is 56.8. The van der Waals surface area contributed by atoms with Gasteiger partial charge in [-0.2, -0.15) is 13.2 Å². The zero-order valence-electron chi connectivity index (χ0n) is 17.9. The lowest BCUT2D eigenvalue weighted by atomic mass is 9.50. The van der Waals surface area contributed by atoms with Gasteiger partial charge in [0.25, 0.3) is 5.91 Å². The number of nitrogens with zero attached hydrogens (tertiary/aromatic N) is 3. The number of carbonyl (C=O) groups is 2. The average Bonchev–Trinajstić information content (AvgIpc) is 2.72. The Hall–Kier alpha value is -3.31. The van der Waals surface area contributed by atoms with Crippen LogP contribution in [0.2, 0.25) is 0 Å². The van der Waals surface area contributed by atoms with E-state index in [2.05, 4.69) is 25.6 Å². The lowest BCUT2D eigenvalue weighted by Crippen LogP contribution is -2.70. The first-order valence-electron chi connectivity index (χ1n) is 10.9. The van der Waals surface area contributed by atoms with Crippen LogP contribution in [0.15, 0.2) is 30.7 Å². The molecule has 4 aliphatic rings. The molecule has 2 N–H and O–H groups in total. The maximum absolute atomic E-state index is 13.2. The van der Waals surface area contributed by atoms with Crippen LogP contribution < -0.4 is 15.4 Å². The van der Waals surface area contributed by atoms with Crippen LogP contribution in [0.1, 0.15) is 54.7 Å². The van der Waals surface area contributed by atoms with Crippen molar-refractivity contribution >= 4 is 12.0 Å². The Balaban J connectivity index is 1.30. The van der Waals surface area contributed by atoms with Crippen LogP contribution in [0.25, 0.3) is 0 Å². The van der Waals surface area contributed by atoms with Crippen molar-refractivity contribution in [1.82, 2.24) is 25.6 Å². The van der Waals surface area contributed by atoms with Gasteiger partial charge in [-0.3, -0.25) is 9.78 Å². The van der Waals surface area contributed by atoms with Crippen LogP contribution in [0.4, 0.5) is 22.4 Å². The number of ether oxygens (including phenoxy) is 1. The molecule has 2 aromatic heterocycles. The molecule has 6 rings (SSSR count). The number of pyridine rings is 1. The Labute approximate surface area is 191 Å². The fourth-order valence-electron chi connectivity index (χ4n) is 6.24. The number of hydrogen-bond acceptors (Lipinski definition) is 6. The number of rotatable bonds is 4. The molecule has 0 radical (unpaired) electrons. The van der Waals surface area contributed by atoms with Crippen molar-refractivity contribution in [1.29, 1.82) is 0 Å². The summed E-state index contributed by atoms with van der Waals surface area (Å²) in [5.41, 5.74) is -2.40. The van der Waals surface area contributed by atoms with E-state index in [4.69, 9.17) is 4.74 Å². The highest BCUT2D eigenvalue weighted by atomic mass is 19.4. The number of amides is 2. The van der Waals surface area contributed by atoms with Crippen molar-refractivity contribution < 1.29 is 31.9 Å². The van der Waals surface area contributed by atoms with Crippen LogP contribution in [0, 0.1) is 17.7 Å². The van der Waals surface area contributed by atoms with E-state index >= 15 is 0 Å². The Morgan fingerprint density at radius 2 is 1.68 bits per heavy atom. The van der Waals surface area contributed by atoms with Crippen LogP contribution in [-0.4, -0.2) is 38.0 Å². The maximum Gasteiger partial charge on any atom is 0.435 e. The second-order valence-corrected chi connectivity index (χ2v) is 9.59. The molecule has 8 nitrogen and oxygen atoms in total. The average molecular weight is 479 g/mol. The fraction of sp³-hybridized carbons (Fsp3) is 0.500. The van der Waals surface area contributed by atoms with Gasteiger partial charge in [0.1, 0.15) is 11.5 Å². The van der Waals surface area contributed by atoms with Crippen LogP contribution in [0.5, 0.6) is 5.88 Å². The van der Waals surface area contributed by atoms with Gasteiger partial charge in [0.2, 0.25) is 5.88 Å². The lowest BCUT2D eigenvalue weighted by Gasteiger charge is -2.61. The zero-order chi connectivity index (χ0) is 24.1. The van der Waals surface area contributed by atoms with E-state index in [1.54, 1.807) is 0 Å². The predicted octanol–water partition coefficient (Wildman–Crippen LogP) is 3.64. The molecule has 0 spiro atoms. The van der Waals surface area contributed by atoms with Crippen molar-refractivity contribution in [3.05, 3.63) is 47.9 Å². The van der Waals surface area contributed by atoms with Crippen molar-refractivity contribution in [3.63, 3.8) is 0 Å². The third-order valence-corrected chi connectivity index (χ3v) is 6.87. The highest BCUT2D eigenvalue weighted by Crippen LogP contribution is 2.57. The van der Waals surface area contributed by atoms with Crippen LogP contribution in [0.3, 0.4) is 0 Å². The van der Waals surface area contributed by atoms with Gasteiger partial charge in [-0.1, -0.05) is 0 Å². The first-order valence-corrected chi connectivity index (χ1v) is 10.9. The number of carbonyl (C=O) groups excluding carboxylic acids is 2. The Morgan fingerprint density at radius 1 is 1.00 bits per heavy atom. The summed E-state index contributed by atoms with van der Waals surface area (Å²) in [6, 6.07) is 2.48. The van der Waals surface area contributed by atoms with Gasteiger partial charge in [0, 0.05) is 11.1 Å². The monoisotopic (exact) mass is 479 g/mol. The second kappa shape index (κ2) is 7.88. The number of hydrogen-bond donors (Lipinski definition) is 2. The highest BCUT2D eigenvalue weighted by molar-refractivity contribution is 5.92. The molecule has 2 amide bonds. The van der Waals surface area contributed by atoms with E-state index in [1.807, 2.05) is 0 Å². The summed E-state index contributed by atoms with van der Waals surface area (Å²) in [7, 11) is 0. The van der Waals surface area contributed by atoms with Gasteiger partial charge >= 0.3 is 12.3 Å². The third-order valence-electron chi connectivity index (χ3n) is 6.87. The first-order chi connectivity index (χ1) is 16.0. The van der Waals surface area contributed by atoms with E-state index in [-0.39, 0.29) is 17.5 Å². The fourth-order valence-corrected chi connectivity index (χ4v) is 6.24. The molecule has 4 bridgehead atoms. The predicted molar refractivity (Wildman–Crippen MR) is 108 cm³/mol. The van der Waals surface area contributed by atoms with Crippen molar-refractivity contribution in [2.75, 3.05) is 0 Å². The Kier molecular flexibility index (Phi) is 5.21. The largest absolute Gasteiger partial charge is 0.435 e. The van der Waals surface area contributed by atoms with Crippen molar-refractivity contribution in [3.8, 4) is 5.88 Å². The molecule has 2 atom stereocenters. The summed E-state index contributed by atoms with van der Waals surface area (Å²) >= 11 is 0.